The average molecular weight is 255 g/mol. The van der Waals surface area contributed by atoms with Crippen LogP contribution in [0.15, 0.2) is 30.3 Å². The maximum atomic E-state index is 8.84. The summed E-state index contributed by atoms with van der Waals surface area (Å²) in [4.78, 5) is 4.21. The maximum absolute atomic E-state index is 8.84. The van der Waals surface area contributed by atoms with E-state index in [9.17, 15) is 0 Å². The lowest BCUT2D eigenvalue weighted by Gasteiger charge is -2.10. The number of hydrogen-bond acceptors (Lipinski definition) is 5. The zero-order chi connectivity index (χ0) is 13.8. The zero-order valence-electron chi connectivity index (χ0n) is 10.7. The summed E-state index contributed by atoms with van der Waals surface area (Å²) in [7, 11) is 3.16. The van der Waals surface area contributed by atoms with E-state index in [-0.39, 0.29) is 5.82 Å². The van der Waals surface area contributed by atoms with Crippen LogP contribution >= 0.6 is 0 Å². The summed E-state index contributed by atoms with van der Waals surface area (Å²) in [5.74, 6) is 1.54. The molecule has 0 fully saturated rings. The van der Waals surface area contributed by atoms with Crippen molar-refractivity contribution in [1.82, 2.24) is 4.98 Å². The van der Waals surface area contributed by atoms with Gasteiger partial charge in [0.15, 0.2) is 0 Å². The predicted octanol–water partition coefficient (Wildman–Crippen LogP) is 2.22. The van der Waals surface area contributed by atoms with Gasteiger partial charge in [-0.25, -0.2) is 4.98 Å². The fourth-order valence-corrected chi connectivity index (χ4v) is 1.73. The third-order valence-electron chi connectivity index (χ3n) is 2.73. The molecule has 5 nitrogen and oxygen atoms in total. The molecule has 0 saturated heterocycles. The van der Waals surface area contributed by atoms with E-state index in [1.165, 1.54) is 0 Å². The van der Waals surface area contributed by atoms with Gasteiger partial charge in [0.2, 0.25) is 0 Å². The SMILES string of the molecule is COc1ccc(-c2ccc(C#N)c(N)n2)c(OC)c1. The molecule has 1 aromatic heterocycles. The van der Waals surface area contributed by atoms with Gasteiger partial charge < -0.3 is 15.2 Å². The molecule has 1 aromatic carbocycles. The van der Waals surface area contributed by atoms with Gasteiger partial charge in [-0.3, -0.25) is 0 Å². The molecule has 96 valence electrons. The number of nitrogen functional groups attached to an aromatic ring is 1. The molecule has 0 saturated carbocycles. The number of benzene rings is 1. The summed E-state index contributed by atoms with van der Waals surface area (Å²) in [5.41, 5.74) is 7.52. The first-order valence-corrected chi connectivity index (χ1v) is 5.58. The quantitative estimate of drug-likeness (QED) is 0.909. The Bertz CT molecular complexity index is 648. The number of methoxy groups -OCH3 is 2. The average Bonchev–Trinajstić information content (AvgIpc) is 2.46. The van der Waals surface area contributed by atoms with Gasteiger partial charge in [-0.1, -0.05) is 0 Å². The van der Waals surface area contributed by atoms with Gasteiger partial charge in [0.1, 0.15) is 23.4 Å². The number of ether oxygens (including phenoxy) is 2. The third kappa shape index (κ3) is 2.43. The van der Waals surface area contributed by atoms with Crippen LogP contribution < -0.4 is 15.2 Å². The Morgan fingerprint density at radius 1 is 1.16 bits per heavy atom. The second-order valence-electron chi connectivity index (χ2n) is 3.81. The van der Waals surface area contributed by atoms with E-state index >= 15 is 0 Å². The second-order valence-corrected chi connectivity index (χ2v) is 3.81. The second kappa shape index (κ2) is 5.27. The van der Waals surface area contributed by atoms with Gasteiger partial charge in [-0.2, -0.15) is 5.26 Å². The molecule has 0 amide bonds. The fourth-order valence-electron chi connectivity index (χ4n) is 1.73. The molecule has 0 bridgehead atoms. The van der Waals surface area contributed by atoms with E-state index in [2.05, 4.69) is 4.98 Å². The largest absolute Gasteiger partial charge is 0.497 e. The van der Waals surface area contributed by atoms with E-state index in [4.69, 9.17) is 20.5 Å². The monoisotopic (exact) mass is 255 g/mol. The maximum Gasteiger partial charge on any atom is 0.142 e. The van der Waals surface area contributed by atoms with Crippen LogP contribution in [0.3, 0.4) is 0 Å². The Morgan fingerprint density at radius 2 is 1.95 bits per heavy atom. The summed E-state index contributed by atoms with van der Waals surface area (Å²) in [5, 5.41) is 8.84. The standard InChI is InChI=1S/C14H13N3O2/c1-18-10-4-5-11(13(7-10)19-2)12-6-3-9(8-15)14(16)17-12/h3-7H,1-2H3,(H2,16,17). The molecule has 0 radical (unpaired) electrons. The van der Waals surface area contributed by atoms with Crippen LogP contribution in [0.25, 0.3) is 11.3 Å². The molecule has 2 aromatic rings. The van der Waals surface area contributed by atoms with Crippen LogP contribution in [0, 0.1) is 11.3 Å². The van der Waals surface area contributed by atoms with Crippen molar-refractivity contribution >= 4 is 5.82 Å². The van der Waals surface area contributed by atoms with Crippen LogP contribution in [-0.2, 0) is 0 Å². The van der Waals surface area contributed by atoms with Crippen LogP contribution in [0.5, 0.6) is 11.5 Å². The van der Waals surface area contributed by atoms with Crippen molar-refractivity contribution in [3.63, 3.8) is 0 Å². The van der Waals surface area contributed by atoms with Gasteiger partial charge in [-0.15, -0.1) is 0 Å². The molecular weight excluding hydrogens is 242 g/mol. The lowest BCUT2D eigenvalue weighted by Crippen LogP contribution is -1.97. The van der Waals surface area contributed by atoms with Gasteiger partial charge in [-0.05, 0) is 24.3 Å². The van der Waals surface area contributed by atoms with Gasteiger partial charge in [0.25, 0.3) is 0 Å². The minimum atomic E-state index is 0.206. The highest BCUT2D eigenvalue weighted by Crippen LogP contribution is 2.32. The van der Waals surface area contributed by atoms with E-state index < -0.39 is 0 Å². The van der Waals surface area contributed by atoms with E-state index in [1.54, 1.807) is 32.4 Å². The molecule has 1 heterocycles. The lowest BCUT2D eigenvalue weighted by molar-refractivity contribution is 0.395. The van der Waals surface area contributed by atoms with Crippen LogP contribution in [0.4, 0.5) is 5.82 Å². The van der Waals surface area contributed by atoms with Crippen molar-refractivity contribution in [2.45, 2.75) is 0 Å². The number of pyridine rings is 1. The highest BCUT2D eigenvalue weighted by atomic mass is 16.5. The first kappa shape index (κ1) is 12.7. The topological polar surface area (TPSA) is 81.2 Å². The molecule has 2 N–H and O–H groups in total. The molecule has 0 aliphatic carbocycles. The molecule has 0 aliphatic heterocycles. The number of rotatable bonds is 3. The molecule has 0 unspecified atom stereocenters. The number of aromatic nitrogens is 1. The number of hydrogen-bond donors (Lipinski definition) is 1. The normalized spacial score (nSPS) is 9.74. The summed E-state index contributed by atoms with van der Waals surface area (Å²) >= 11 is 0. The first-order chi connectivity index (χ1) is 9.19. The zero-order valence-corrected chi connectivity index (χ0v) is 10.7. The first-order valence-electron chi connectivity index (χ1n) is 5.58. The summed E-state index contributed by atoms with van der Waals surface area (Å²) < 4.78 is 10.5. The van der Waals surface area contributed by atoms with Crippen LogP contribution in [-0.4, -0.2) is 19.2 Å². The molecule has 0 aliphatic rings. The lowest BCUT2D eigenvalue weighted by atomic mass is 10.1. The molecule has 0 atom stereocenters. The minimum absolute atomic E-state index is 0.206. The van der Waals surface area contributed by atoms with E-state index in [0.29, 0.717) is 22.8 Å². The van der Waals surface area contributed by atoms with Gasteiger partial charge >= 0.3 is 0 Å². The van der Waals surface area contributed by atoms with Crippen LogP contribution in [0.1, 0.15) is 5.56 Å². The number of anilines is 1. The number of nitriles is 1. The summed E-state index contributed by atoms with van der Waals surface area (Å²) in [6, 6.07) is 10.8. The molecule has 0 spiro atoms. The van der Waals surface area contributed by atoms with E-state index in [0.717, 1.165) is 5.56 Å². The van der Waals surface area contributed by atoms with Crippen LogP contribution in [0.2, 0.25) is 0 Å². The van der Waals surface area contributed by atoms with Crippen molar-refractivity contribution < 1.29 is 9.47 Å². The molecule has 5 heteroatoms. The van der Waals surface area contributed by atoms with Crippen molar-refractivity contribution in [3.8, 4) is 28.8 Å². The highest BCUT2D eigenvalue weighted by Gasteiger charge is 2.10. The fraction of sp³-hybridized carbons (Fsp3) is 0.143. The Hall–Kier alpha value is -2.74. The molecule has 19 heavy (non-hydrogen) atoms. The van der Waals surface area contributed by atoms with Crippen molar-refractivity contribution in [2.24, 2.45) is 0 Å². The summed E-state index contributed by atoms with van der Waals surface area (Å²) in [6.07, 6.45) is 0. The minimum Gasteiger partial charge on any atom is -0.497 e. The number of nitrogens with two attached hydrogens (primary N) is 1. The van der Waals surface area contributed by atoms with E-state index in [1.807, 2.05) is 18.2 Å². The Kier molecular flexibility index (Phi) is 3.53. The predicted molar refractivity (Wildman–Crippen MR) is 71.9 cm³/mol. The summed E-state index contributed by atoms with van der Waals surface area (Å²) in [6.45, 7) is 0. The highest BCUT2D eigenvalue weighted by molar-refractivity contribution is 5.70. The Morgan fingerprint density at radius 3 is 2.53 bits per heavy atom. The van der Waals surface area contributed by atoms with Crippen molar-refractivity contribution in [3.05, 3.63) is 35.9 Å². The number of nitrogens with zero attached hydrogens (tertiary/aromatic N) is 2. The van der Waals surface area contributed by atoms with Crippen molar-refractivity contribution in [2.75, 3.05) is 20.0 Å². The van der Waals surface area contributed by atoms with Gasteiger partial charge in [0.05, 0.1) is 25.5 Å². The smallest absolute Gasteiger partial charge is 0.142 e. The Labute approximate surface area is 111 Å². The Balaban J connectivity index is 2.53. The van der Waals surface area contributed by atoms with Gasteiger partial charge in [0, 0.05) is 11.6 Å². The molecule has 2 rings (SSSR count). The molecular formula is C14H13N3O2. The third-order valence-corrected chi connectivity index (χ3v) is 2.73. The van der Waals surface area contributed by atoms with Crippen molar-refractivity contribution in [1.29, 1.82) is 5.26 Å².